The number of rotatable bonds is 3. The first-order chi connectivity index (χ1) is 19.4. The van der Waals surface area contributed by atoms with Crippen molar-refractivity contribution in [3.63, 3.8) is 0 Å². The van der Waals surface area contributed by atoms with E-state index in [9.17, 15) is 0 Å². The number of hydrogen-bond acceptors (Lipinski definition) is 2. The molecular formula is C36H23N3. The summed E-state index contributed by atoms with van der Waals surface area (Å²) in [6, 6.07) is 47.0. The molecule has 0 aliphatic heterocycles. The van der Waals surface area contributed by atoms with Crippen LogP contribution >= 0.6 is 0 Å². The van der Waals surface area contributed by atoms with Gasteiger partial charge in [-0.25, -0.2) is 4.52 Å². The molecule has 182 valence electrons. The van der Waals surface area contributed by atoms with Crippen molar-refractivity contribution in [2.45, 2.75) is 0 Å². The van der Waals surface area contributed by atoms with Crippen molar-refractivity contribution < 1.29 is 0 Å². The quantitative estimate of drug-likeness (QED) is 0.228. The van der Waals surface area contributed by atoms with E-state index in [1.54, 1.807) is 0 Å². The average molecular weight is 498 g/mol. The van der Waals surface area contributed by atoms with Crippen molar-refractivity contribution in [2.75, 3.05) is 0 Å². The Kier molecular flexibility index (Phi) is 4.82. The molecule has 0 N–H and O–H groups in total. The number of benzene rings is 5. The minimum Gasteiger partial charge on any atom is -0.255 e. The minimum absolute atomic E-state index is 0.894. The molecular weight excluding hydrogens is 474 g/mol. The van der Waals surface area contributed by atoms with Gasteiger partial charge >= 0.3 is 0 Å². The normalized spacial score (nSPS) is 11.6. The average Bonchev–Trinajstić information content (AvgIpc) is 3.42. The Labute approximate surface area is 225 Å². The molecule has 3 nitrogen and oxygen atoms in total. The molecule has 0 aliphatic carbocycles. The Morgan fingerprint density at radius 1 is 0.513 bits per heavy atom. The van der Waals surface area contributed by atoms with Crippen molar-refractivity contribution in [2.24, 2.45) is 0 Å². The topological polar surface area (TPSA) is 30.2 Å². The van der Waals surface area contributed by atoms with Crippen LogP contribution in [-0.4, -0.2) is 14.6 Å². The minimum atomic E-state index is 0.894. The van der Waals surface area contributed by atoms with Gasteiger partial charge in [-0.1, -0.05) is 109 Å². The van der Waals surface area contributed by atoms with Crippen LogP contribution in [0.4, 0.5) is 0 Å². The van der Waals surface area contributed by atoms with Gasteiger partial charge in [0.05, 0.1) is 16.9 Å². The zero-order chi connectivity index (χ0) is 25.8. The van der Waals surface area contributed by atoms with Gasteiger partial charge in [-0.05, 0) is 56.8 Å². The van der Waals surface area contributed by atoms with Crippen molar-refractivity contribution >= 4 is 37.8 Å². The maximum atomic E-state index is 5.42. The van der Waals surface area contributed by atoms with Gasteiger partial charge in [0.25, 0.3) is 0 Å². The van der Waals surface area contributed by atoms with Crippen molar-refractivity contribution in [1.29, 1.82) is 0 Å². The Hall–Kier alpha value is -5.28. The summed E-state index contributed by atoms with van der Waals surface area (Å²) in [6.07, 6.45) is 1.84. The SMILES string of the molecule is c1ccc(-c2c(-c3cc4ccccc4c4ccccc34)nn3c(-c4ccccn4)cc4ccccc4c23)cc1. The second-order valence-electron chi connectivity index (χ2n) is 9.87. The van der Waals surface area contributed by atoms with Crippen LogP contribution < -0.4 is 0 Å². The summed E-state index contributed by atoms with van der Waals surface area (Å²) in [4.78, 5) is 4.72. The molecule has 8 aromatic rings. The van der Waals surface area contributed by atoms with Gasteiger partial charge in [-0.2, -0.15) is 5.10 Å². The molecule has 8 rings (SSSR count). The molecule has 3 heterocycles. The van der Waals surface area contributed by atoms with Crippen molar-refractivity contribution in [3.05, 3.63) is 140 Å². The summed E-state index contributed by atoms with van der Waals surface area (Å²) in [5, 5.41) is 12.6. The number of nitrogens with zero attached hydrogens (tertiary/aromatic N) is 3. The third kappa shape index (κ3) is 3.37. The Morgan fingerprint density at radius 2 is 1.15 bits per heavy atom. The third-order valence-electron chi connectivity index (χ3n) is 7.63. The van der Waals surface area contributed by atoms with Crippen LogP contribution in [0.1, 0.15) is 0 Å². The number of pyridine rings is 2. The third-order valence-corrected chi connectivity index (χ3v) is 7.63. The first-order valence-corrected chi connectivity index (χ1v) is 13.2. The molecule has 0 atom stereocenters. The fourth-order valence-electron chi connectivity index (χ4n) is 5.90. The molecule has 0 unspecified atom stereocenters. The van der Waals surface area contributed by atoms with E-state index >= 15 is 0 Å². The van der Waals surface area contributed by atoms with E-state index in [4.69, 9.17) is 10.1 Å². The highest BCUT2D eigenvalue weighted by Crippen LogP contribution is 2.43. The lowest BCUT2D eigenvalue weighted by Gasteiger charge is -2.11. The van der Waals surface area contributed by atoms with Crippen LogP contribution in [-0.2, 0) is 0 Å². The van der Waals surface area contributed by atoms with Gasteiger partial charge in [-0.3, -0.25) is 4.98 Å². The zero-order valence-electron chi connectivity index (χ0n) is 21.1. The molecule has 3 heteroatoms. The van der Waals surface area contributed by atoms with E-state index < -0.39 is 0 Å². The number of fused-ring (bicyclic) bond motifs is 6. The Morgan fingerprint density at radius 3 is 1.92 bits per heavy atom. The second-order valence-corrected chi connectivity index (χ2v) is 9.87. The predicted octanol–water partition coefficient (Wildman–Crippen LogP) is 9.19. The monoisotopic (exact) mass is 497 g/mol. The fourth-order valence-corrected chi connectivity index (χ4v) is 5.90. The Balaban J connectivity index is 1.60. The highest BCUT2D eigenvalue weighted by molar-refractivity contribution is 6.16. The smallest absolute Gasteiger partial charge is 0.102 e. The van der Waals surface area contributed by atoms with Gasteiger partial charge < -0.3 is 0 Å². The van der Waals surface area contributed by atoms with E-state index in [-0.39, 0.29) is 0 Å². The molecule has 5 aromatic carbocycles. The van der Waals surface area contributed by atoms with E-state index in [1.807, 2.05) is 18.3 Å². The van der Waals surface area contributed by atoms with E-state index in [0.717, 1.165) is 44.7 Å². The summed E-state index contributed by atoms with van der Waals surface area (Å²) in [6.45, 7) is 0. The lowest BCUT2D eigenvalue weighted by molar-refractivity contribution is 0.973. The van der Waals surface area contributed by atoms with Crippen LogP contribution in [0.2, 0.25) is 0 Å². The molecule has 0 saturated carbocycles. The van der Waals surface area contributed by atoms with Crippen molar-refractivity contribution in [1.82, 2.24) is 14.6 Å². The van der Waals surface area contributed by atoms with E-state index in [1.165, 1.54) is 26.9 Å². The van der Waals surface area contributed by atoms with Crippen molar-refractivity contribution in [3.8, 4) is 33.8 Å². The maximum absolute atomic E-state index is 5.42. The van der Waals surface area contributed by atoms with Crippen LogP contribution in [0.5, 0.6) is 0 Å². The lowest BCUT2D eigenvalue weighted by Crippen LogP contribution is -1.97. The molecule has 0 amide bonds. The predicted molar refractivity (Wildman–Crippen MR) is 162 cm³/mol. The van der Waals surface area contributed by atoms with Gasteiger partial charge in [0.15, 0.2) is 0 Å². The van der Waals surface area contributed by atoms with Crippen LogP contribution in [0.25, 0.3) is 71.6 Å². The Bertz CT molecular complexity index is 2160. The standard InChI is InChI=1S/C36H23N3/c1-2-12-24(13-3-1)34-35(31-22-25-14-4-6-16-27(25)29-18-8-9-19-30(29)31)38-39-33(32-20-10-11-21-37-32)23-26-15-5-7-17-28(26)36(34)39/h1-23H. The number of hydrogen-bond donors (Lipinski definition) is 0. The van der Waals surface area contributed by atoms with E-state index in [2.05, 4.69) is 126 Å². The molecule has 0 aliphatic rings. The summed E-state index contributed by atoms with van der Waals surface area (Å²) in [5.41, 5.74) is 7.32. The maximum Gasteiger partial charge on any atom is 0.102 e. The highest BCUT2D eigenvalue weighted by Gasteiger charge is 2.23. The van der Waals surface area contributed by atoms with Gasteiger partial charge in [-0.15, -0.1) is 0 Å². The fraction of sp³-hybridized carbons (Fsp3) is 0. The first-order valence-electron chi connectivity index (χ1n) is 13.2. The molecule has 0 fully saturated rings. The van der Waals surface area contributed by atoms with E-state index in [0.29, 0.717) is 0 Å². The number of aromatic nitrogens is 3. The van der Waals surface area contributed by atoms with Crippen LogP contribution in [0.3, 0.4) is 0 Å². The summed E-state index contributed by atoms with van der Waals surface area (Å²) in [5.74, 6) is 0. The highest BCUT2D eigenvalue weighted by atomic mass is 15.2. The molecule has 3 aromatic heterocycles. The summed E-state index contributed by atoms with van der Waals surface area (Å²) >= 11 is 0. The largest absolute Gasteiger partial charge is 0.255 e. The van der Waals surface area contributed by atoms with Gasteiger partial charge in [0, 0.05) is 22.7 Å². The molecule has 0 saturated heterocycles. The molecule has 0 bridgehead atoms. The second kappa shape index (κ2) is 8.64. The van der Waals surface area contributed by atoms with Crippen LogP contribution in [0, 0.1) is 0 Å². The molecule has 0 radical (unpaired) electrons. The molecule has 0 spiro atoms. The van der Waals surface area contributed by atoms with Gasteiger partial charge in [0.1, 0.15) is 5.69 Å². The summed E-state index contributed by atoms with van der Waals surface area (Å²) < 4.78 is 2.10. The molecule has 39 heavy (non-hydrogen) atoms. The van der Waals surface area contributed by atoms with Crippen LogP contribution in [0.15, 0.2) is 140 Å². The first kappa shape index (κ1) is 21.8. The zero-order valence-corrected chi connectivity index (χ0v) is 21.1. The van der Waals surface area contributed by atoms with Gasteiger partial charge in [0.2, 0.25) is 0 Å². The lowest BCUT2D eigenvalue weighted by atomic mass is 9.92. The summed E-state index contributed by atoms with van der Waals surface area (Å²) in [7, 11) is 0.